The number of aliphatic imine (C=N–C) groups is 1. The Hall–Kier alpha value is -1.22. The van der Waals surface area contributed by atoms with Crippen LogP contribution >= 0.6 is 34.8 Å². The van der Waals surface area contributed by atoms with Gasteiger partial charge in [-0.25, -0.2) is 0 Å². The van der Waals surface area contributed by atoms with Crippen LogP contribution in [-0.4, -0.2) is 11.3 Å². The minimum atomic E-state index is -0.0585. The Balaban J connectivity index is 2.38. The van der Waals surface area contributed by atoms with Crippen molar-refractivity contribution in [2.45, 2.75) is 0 Å². The molecule has 0 atom stereocenters. The summed E-state index contributed by atoms with van der Waals surface area (Å²) in [6.07, 6.45) is 1.47. The van der Waals surface area contributed by atoms with Crippen LogP contribution in [0.2, 0.25) is 15.1 Å². The molecule has 0 unspecified atom stereocenters. The number of aromatic hydroxyl groups is 1. The first-order valence-electron chi connectivity index (χ1n) is 5.04. The summed E-state index contributed by atoms with van der Waals surface area (Å²) in [6.45, 7) is 0. The van der Waals surface area contributed by atoms with E-state index in [9.17, 15) is 5.11 Å². The van der Waals surface area contributed by atoms with Gasteiger partial charge in [0.25, 0.3) is 0 Å². The summed E-state index contributed by atoms with van der Waals surface area (Å²) in [5.41, 5.74) is 1.04. The van der Waals surface area contributed by atoms with Crippen molar-refractivity contribution in [3.05, 3.63) is 57.0 Å². The van der Waals surface area contributed by atoms with Crippen LogP contribution in [-0.2, 0) is 0 Å². The van der Waals surface area contributed by atoms with E-state index in [4.69, 9.17) is 34.8 Å². The Morgan fingerprint density at radius 1 is 1.00 bits per heavy atom. The number of benzene rings is 2. The van der Waals surface area contributed by atoms with Gasteiger partial charge < -0.3 is 5.11 Å². The summed E-state index contributed by atoms with van der Waals surface area (Å²) >= 11 is 17.6. The van der Waals surface area contributed by atoms with E-state index in [1.807, 2.05) is 12.1 Å². The summed E-state index contributed by atoms with van der Waals surface area (Å²) < 4.78 is 0. The molecule has 1 N–H and O–H groups in total. The Morgan fingerprint density at radius 3 is 2.44 bits per heavy atom. The predicted octanol–water partition coefficient (Wildman–Crippen LogP) is 5.10. The molecule has 0 aromatic heterocycles. The van der Waals surface area contributed by atoms with Crippen molar-refractivity contribution in [3.63, 3.8) is 0 Å². The Kier molecular flexibility index (Phi) is 4.12. The molecule has 2 aromatic rings. The first-order chi connectivity index (χ1) is 8.58. The van der Waals surface area contributed by atoms with Gasteiger partial charge in [0.05, 0.1) is 15.7 Å². The monoisotopic (exact) mass is 299 g/mol. The molecule has 2 nitrogen and oxygen atoms in total. The van der Waals surface area contributed by atoms with Gasteiger partial charge in [0.1, 0.15) is 5.75 Å². The second kappa shape index (κ2) is 5.61. The minimum absolute atomic E-state index is 0.0585. The average Bonchev–Trinajstić information content (AvgIpc) is 2.33. The zero-order chi connectivity index (χ0) is 13.1. The van der Waals surface area contributed by atoms with Gasteiger partial charge in [-0.1, -0.05) is 46.9 Å². The second-order valence-electron chi connectivity index (χ2n) is 3.54. The van der Waals surface area contributed by atoms with Crippen LogP contribution in [0, 0.1) is 0 Å². The van der Waals surface area contributed by atoms with Gasteiger partial charge in [0, 0.05) is 16.8 Å². The number of phenols is 1. The number of hydrogen-bond acceptors (Lipinski definition) is 2. The minimum Gasteiger partial charge on any atom is -0.506 e. The highest BCUT2D eigenvalue weighted by molar-refractivity contribution is 6.36. The van der Waals surface area contributed by atoms with E-state index in [0.717, 1.165) is 0 Å². The molecule has 18 heavy (non-hydrogen) atoms. The average molecular weight is 301 g/mol. The molecule has 2 aromatic carbocycles. The fourth-order valence-electron chi connectivity index (χ4n) is 1.38. The van der Waals surface area contributed by atoms with Crippen LogP contribution in [0.5, 0.6) is 5.75 Å². The fourth-order valence-corrected chi connectivity index (χ4v) is 2.07. The maximum atomic E-state index is 9.75. The van der Waals surface area contributed by atoms with Gasteiger partial charge in [-0.05, 0) is 24.3 Å². The van der Waals surface area contributed by atoms with Crippen molar-refractivity contribution >= 4 is 46.7 Å². The second-order valence-corrected chi connectivity index (χ2v) is 4.79. The number of phenolic OH excluding ortho intramolecular Hbond substituents is 1. The first-order valence-corrected chi connectivity index (χ1v) is 6.18. The van der Waals surface area contributed by atoms with Gasteiger partial charge in [0.2, 0.25) is 0 Å². The lowest BCUT2D eigenvalue weighted by molar-refractivity contribution is 0.475. The molecule has 0 aliphatic carbocycles. The van der Waals surface area contributed by atoms with E-state index >= 15 is 0 Å². The summed E-state index contributed by atoms with van der Waals surface area (Å²) in [5, 5.41) is 10.9. The largest absolute Gasteiger partial charge is 0.506 e. The third-order valence-corrected chi connectivity index (χ3v) is 3.08. The maximum absolute atomic E-state index is 9.75. The molecule has 5 heteroatoms. The molecule has 92 valence electrons. The Morgan fingerprint density at radius 2 is 1.72 bits per heavy atom. The van der Waals surface area contributed by atoms with E-state index in [-0.39, 0.29) is 10.8 Å². The maximum Gasteiger partial charge on any atom is 0.143 e. The molecule has 0 saturated carbocycles. The number of halogens is 3. The van der Waals surface area contributed by atoms with Gasteiger partial charge in [0.15, 0.2) is 0 Å². The molecular weight excluding hydrogens is 293 g/mol. The number of para-hydroxylation sites is 1. The molecule has 0 saturated heterocycles. The lowest BCUT2D eigenvalue weighted by Crippen LogP contribution is -1.84. The first kappa shape index (κ1) is 13.2. The third kappa shape index (κ3) is 2.96. The molecule has 0 spiro atoms. The standard InChI is InChI=1S/C13H8Cl3NO/c14-9-5-8(13(18)11(16)6-9)7-17-12-4-2-1-3-10(12)15/h1-7,18H. The van der Waals surface area contributed by atoms with Gasteiger partial charge in [-0.2, -0.15) is 0 Å². The summed E-state index contributed by atoms with van der Waals surface area (Å²) in [4.78, 5) is 4.18. The third-order valence-electron chi connectivity index (χ3n) is 2.25. The lowest BCUT2D eigenvalue weighted by Gasteiger charge is -2.02. The quantitative estimate of drug-likeness (QED) is 0.769. The number of rotatable bonds is 2. The molecule has 0 fully saturated rings. The number of hydrogen-bond donors (Lipinski definition) is 1. The van der Waals surface area contributed by atoms with E-state index in [1.165, 1.54) is 12.3 Å². The van der Waals surface area contributed by atoms with Gasteiger partial charge >= 0.3 is 0 Å². The molecule has 0 bridgehead atoms. The molecule has 0 amide bonds. The van der Waals surface area contributed by atoms with E-state index in [1.54, 1.807) is 18.2 Å². The Labute approximate surface area is 119 Å². The topological polar surface area (TPSA) is 32.6 Å². The van der Waals surface area contributed by atoms with Crippen molar-refractivity contribution in [3.8, 4) is 5.75 Å². The summed E-state index contributed by atoms with van der Waals surface area (Å²) in [5.74, 6) is -0.0585. The van der Waals surface area contributed by atoms with Crippen molar-refractivity contribution in [1.29, 1.82) is 0 Å². The zero-order valence-electron chi connectivity index (χ0n) is 9.07. The SMILES string of the molecule is Oc1c(Cl)cc(Cl)cc1C=Nc1ccccc1Cl. The highest BCUT2D eigenvalue weighted by Crippen LogP contribution is 2.31. The van der Waals surface area contributed by atoms with Crippen LogP contribution in [0.25, 0.3) is 0 Å². The van der Waals surface area contributed by atoms with Gasteiger partial charge in [-0.3, -0.25) is 4.99 Å². The lowest BCUT2D eigenvalue weighted by atomic mass is 10.2. The molecular formula is C13H8Cl3NO. The highest BCUT2D eigenvalue weighted by atomic mass is 35.5. The van der Waals surface area contributed by atoms with Crippen LogP contribution in [0.15, 0.2) is 41.4 Å². The molecule has 0 aliphatic rings. The van der Waals surface area contributed by atoms with Crippen molar-refractivity contribution in [1.82, 2.24) is 0 Å². The molecule has 2 rings (SSSR count). The Bertz CT molecular complexity index is 611. The van der Waals surface area contributed by atoms with E-state index in [0.29, 0.717) is 21.3 Å². The van der Waals surface area contributed by atoms with Crippen molar-refractivity contribution in [2.75, 3.05) is 0 Å². The van der Waals surface area contributed by atoms with E-state index < -0.39 is 0 Å². The smallest absolute Gasteiger partial charge is 0.143 e. The predicted molar refractivity (Wildman–Crippen MR) is 76.8 cm³/mol. The summed E-state index contributed by atoms with van der Waals surface area (Å²) in [7, 11) is 0. The fraction of sp³-hybridized carbons (Fsp3) is 0. The molecule has 0 aliphatic heterocycles. The summed E-state index contributed by atoms with van der Waals surface area (Å²) in [6, 6.07) is 10.2. The van der Waals surface area contributed by atoms with Crippen molar-refractivity contribution in [2.24, 2.45) is 4.99 Å². The van der Waals surface area contributed by atoms with Crippen molar-refractivity contribution < 1.29 is 5.11 Å². The van der Waals surface area contributed by atoms with Crippen LogP contribution in [0.4, 0.5) is 5.69 Å². The molecule has 0 heterocycles. The molecule has 0 radical (unpaired) electrons. The van der Waals surface area contributed by atoms with Gasteiger partial charge in [-0.15, -0.1) is 0 Å². The zero-order valence-corrected chi connectivity index (χ0v) is 11.3. The van der Waals surface area contributed by atoms with Crippen LogP contribution in [0.3, 0.4) is 0 Å². The number of nitrogens with zero attached hydrogens (tertiary/aromatic N) is 1. The van der Waals surface area contributed by atoms with Crippen LogP contribution in [0.1, 0.15) is 5.56 Å². The normalized spacial score (nSPS) is 11.1. The van der Waals surface area contributed by atoms with E-state index in [2.05, 4.69) is 4.99 Å². The van der Waals surface area contributed by atoms with Crippen LogP contribution < -0.4 is 0 Å². The highest BCUT2D eigenvalue weighted by Gasteiger charge is 2.06.